The Morgan fingerprint density at radius 1 is 1.37 bits per heavy atom. The van der Waals surface area contributed by atoms with Crippen LogP contribution in [0.2, 0.25) is 0 Å². The van der Waals surface area contributed by atoms with Crippen LogP contribution in [-0.2, 0) is 10.0 Å². The van der Waals surface area contributed by atoms with Crippen molar-refractivity contribution < 1.29 is 18.1 Å². The summed E-state index contributed by atoms with van der Waals surface area (Å²) in [5.41, 5.74) is -0.437. The lowest BCUT2D eigenvalue weighted by molar-refractivity contribution is -0.384. The standard InChI is InChI=1S/C10H9BrN2O5S/c11-4-1-5-12-10(14)8-6-7(13(15)16)2-3-9(8)19(12,17)18/h2-3,6H,1,4-5H2. The Kier molecular flexibility index (Phi) is 3.59. The molecule has 9 heteroatoms. The largest absolute Gasteiger partial charge is 0.270 e. The fraction of sp³-hybridized carbons (Fsp3) is 0.300. The maximum Gasteiger partial charge on any atom is 0.270 e. The van der Waals surface area contributed by atoms with Crippen LogP contribution >= 0.6 is 15.9 Å². The first-order chi connectivity index (χ1) is 8.89. The van der Waals surface area contributed by atoms with Crippen LogP contribution in [0, 0.1) is 10.1 Å². The van der Waals surface area contributed by atoms with Crippen LogP contribution in [0.1, 0.15) is 16.8 Å². The monoisotopic (exact) mass is 348 g/mol. The Labute approximate surface area is 117 Å². The molecule has 19 heavy (non-hydrogen) atoms. The van der Waals surface area contributed by atoms with E-state index in [9.17, 15) is 23.3 Å². The molecule has 0 radical (unpaired) electrons. The predicted octanol–water partition coefficient (Wildman–Crippen LogP) is 1.52. The fourth-order valence-corrected chi connectivity index (χ4v) is 3.65. The second kappa shape index (κ2) is 4.89. The summed E-state index contributed by atoms with van der Waals surface area (Å²) >= 11 is 3.16. The van der Waals surface area contributed by atoms with Crippen LogP contribution in [-0.4, -0.2) is 35.4 Å². The molecule has 0 N–H and O–H groups in total. The second-order valence-electron chi connectivity index (χ2n) is 3.86. The van der Waals surface area contributed by atoms with Crippen molar-refractivity contribution in [3.63, 3.8) is 0 Å². The molecule has 0 bridgehead atoms. The number of halogens is 1. The van der Waals surface area contributed by atoms with Gasteiger partial charge in [-0.3, -0.25) is 14.9 Å². The Morgan fingerprint density at radius 2 is 2.05 bits per heavy atom. The smallest absolute Gasteiger partial charge is 0.268 e. The third kappa shape index (κ3) is 2.23. The van der Waals surface area contributed by atoms with Crippen LogP contribution < -0.4 is 0 Å². The van der Waals surface area contributed by atoms with Crippen LogP contribution in [0.25, 0.3) is 0 Å². The predicted molar refractivity (Wildman–Crippen MR) is 69.7 cm³/mol. The van der Waals surface area contributed by atoms with Gasteiger partial charge in [0.25, 0.3) is 21.6 Å². The zero-order valence-corrected chi connectivity index (χ0v) is 12.0. The highest BCUT2D eigenvalue weighted by Crippen LogP contribution is 2.32. The molecule has 1 amide bonds. The number of nitro groups is 1. The van der Waals surface area contributed by atoms with Gasteiger partial charge in [0.1, 0.15) is 4.90 Å². The molecular weight excluding hydrogens is 340 g/mol. The van der Waals surface area contributed by atoms with Crippen molar-refractivity contribution in [3.05, 3.63) is 33.9 Å². The van der Waals surface area contributed by atoms with Gasteiger partial charge in [0, 0.05) is 24.0 Å². The summed E-state index contributed by atoms with van der Waals surface area (Å²) in [6.45, 7) is 0.0505. The lowest BCUT2D eigenvalue weighted by atomic mass is 10.2. The number of sulfonamides is 1. The lowest BCUT2D eigenvalue weighted by Crippen LogP contribution is -2.31. The van der Waals surface area contributed by atoms with E-state index in [-0.39, 0.29) is 22.7 Å². The highest BCUT2D eigenvalue weighted by atomic mass is 79.9. The van der Waals surface area contributed by atoms with E-state index >= 15 is 0 Å². The topological polar surface area (TPSA) is 97.6 Å². The van der Waals surface area contributed by atoms with Gasteiger partial charge in [-0.05, 0) is 12.5 Å². The SMILES string of the molecule is O=C1c2cc([N+](=O)[O-])ccc2S(=O)(=O)N1CCCBr. The van der Waals surface area contributed by atoms with Gasteiger partial charge in [0.15, 0.2) is 0 Å². The van der Waals surface area contributed by atoms with Gasteiger partial charge in [-0.15, -0.1) is 0 Å². The number of nitrogens with zero attached hydrogens (tertiary/aromatic N) is 2. The van der Waals surface area contributed by atoms with Gasteiger partial charge in [-0.2, -0.15) is 0 Å². The summed E-state index contributed by atoms with van der Waals surface area (Å²) in [5.74, 6) is -0.709. The number of amides is 1. The van der Waals surface area contributed by atoms with Crippen molar-refractivity contribution in [2.24, 2.45) is 0 Å². The van der Waals surface area contributed by atoms with Crippen molar-refractivity contribution in [3.8, 4) is 0 Å². The number of benzene rings is 1. The average Bonchev–Trinajstić information content (AvgIpc) is 2.55. The van der Waals surface area contributed by atoms with Gasteiger partial charge in [-0.1, -0.05) is 15.9 Å². The van der Waals surface area contributed by atoms with Crippen molar-refractivity contribution in [2.75, 3.05) is 11.9 Å². The molecule has 0 saturated carbocycles. The summed E-state index contributed by atoms with van der Waals surface area (Å²) in [6, 6.07) is 3.19. The summed E-state index contributed by atoms with van der Waals surface area (Å²) in [5, 5.41) is 11.2. The number of carbonyl (C=O) groups is 1. The minimum atomic E-state index is -3.87. The summed E-state index contributed by atoms with van der Waals surface area (Å²) in [6.07, 6.45) is 0.473. The van der Waals surface area contributed by atoms with E-state index in [0.717, 1.165) is 22.5 Å². The van der Waals surface area contributed by atoms with Crippen LogP contribution in [0.15, 0.2) is 23.1 Å². The third-order valence-electron chi connectivity index (χ3n) is 2.69. The Bertz CT molecular complexity index is 658. The number of nitro benzene ring substituents is 1. The lowest BCUT2D eigenvalue weighted by Gasteiger charge is -2.13. The first-order valence-electron chi connectivity index (χ1n) is 5.31. The summed E-state index contributed by atoms with van der Waals surface area (Å²) in [7, 11) is -3.87. The van der Waals surface area contributed by atoms with E-state index in [4.69, 9.17) is 0 Å². The van der Waals surface area contributed by atoms with Crippen LogP contribution in [0.3, 0.4) is 0 Å². The summed E-state index contributed by atoms with van der Waals surface area (Å²) < 4.78 is 25.0. The molecule has 7 nitrogen and oxygen atoms in total. The van der Waals surface area contributed by atoms with E-state index < -0.39 is 20.9 Å². The molecule has 102 valence electrons. The van der Waals surface area contributed by atoms with E-state index in [1.807, 2.05) is 0 Å². The first-order valence-corrected chi connectivity index (χ1v) is 7.87. The zero-order valence-electron chi connectivity index (χ0n) is 9.58. The highest BCUT2D eigenvalue weighted by molar-refractivity contribution is 9.09. The highest BCUT2D eigenvalue weighted by Gasteiger charge is 2.41. The second-order valence-corrected chi connectivity index (χ2v) is 6.49. The maximum absolute atomic E-state index is 12.1. The zero-order chi connectivity index (χ0) is 14.2. The van der Waals surface area contributed by atoms with E-state index in [1.54, 1.807) is 0 Å². The molecule has 1 aliphatic heterocycles. The molecule has 0 fully saturated rings. The molecular formula is C10H9BrN2O5S. The number of hydrogen-bond acceptors (Lipinski definition) is 5. The molecule has 0 aliphatic carbocycles. The van der Waals surface area contributed by atoms with Gasteiger partial charge < -0.3 is 0 Å². The molecule has 0 atom stereocenters. The van der Waals surface area contributed by atoms with Gasteiger partial charge in [0.2, 0.25) is 0 Å². The minimum absolute atomic E-state index is 0.0505. The van der Waals surface area contributed by atoms with E-state index in [2.05, 4.69) is 15.9 Å². The Balaban J connectivity index is 2.50. The van der Waals surface area contributed by atoms with Gasteiger partial charge in [-0.25, -0.2) is 12.7 Å². The van der Waals surface area contributed by atoms with Crippen LogP contribution in [0.4, 0.5) is 5.69 Å². The third-order valence-corrected chi connectivity index (χ3v) is 5.09. The van der Waals surface area contributed by atoms with Gasteiger partial charge >= 0.3 is 0 Å². The average molecular weight is 349 g/mol. The van der Waals surface area contributed by atoms with Crippen LogP contribution in [0.5, 0.6) is 0 Å². The number of non-ortho nitro benzene ring substituents is 1. The first kappa shape index (κ1) is 13.9. The number of carbonyl (C=O) groups excluding carboxylic acids is 1. The van der Waals surface area contributed by atoms with Crippen molar-refractivity contribution in [1.82, 2.24) is 4.31 Å². The van der Waals surface area contributed by atoms with E-state index in [0.29, 0.717) is 11.8 Å². The molecule has 0 aromatic heterocycles. The molecule has 1 aromatic carbocycles. The Morgan fingerprint density at radius 3 is 2.63 bits per heavy atom. The molecule has 1 aromatic rings. The normalized spacial score (nSPS) is 16.5. The number of rotatable bonds is 4. The van der Waals surface area contributed by atoms with E-state index in [1.165, 1.54) is 0 Å². The minimum Gasteiger partial charge on any atom is -0.268 e. The molecule has 0 spiro atoms. The molecule has 1 aliphatic rings. The number of fused-ring (bicyclic) bond motifs is 1. The van der Waals surface area contributed by atoms with Crippen molar-refractivity contribution in [2.45, 2.75) is 11.3 Å². The molecule has 2 rings (SSSR count). The molecule has 1 heterocycles. The van der Waals surface area contributed by atoms with Crippen molar-refractivity contribution >= 4 is 37.5 Å². The molecule has 0 saturated heterocycles. The Hall–Kier alpha value is -1.48. The summed E-state index contributed by atoms with van der Waals surface area (Å²) in [4.78, 5) is 21.8. The van der Waals surface area contributed by atoms with Crippen molar-refractivity contribution in [1.29, 1.82) is 0 Å². The maximum atomic E-state index is 12.1. The van der Waals surface area contributed by atoms with Gasteiger partial charge in [0.05, 0.1) is 10.5 Å². The fourth-order valence-electron chi connectivity index (χ4n) is 1.81. The molecule has 0 unspecified atom stereocenters. The quantitative estimate of drug-likeness (QED) is 0.466. The number of hydrogen-bond donors (Lipinski definition) is 0. The number of alkyl halides is 1.